The Bertz CT molecular complexity index is 679. The number of benzene rings is 1. The summed E-state index contributed by atoms with van der Waals surface area (Å²) < 4.78 is 19.0. The van der Waals surface area contributed by atoms with Gasteiger partial charge in [0.1, 0.15) is 18.7 Å². The van der Waals surface area contributed by atoms with Crippen molar-refractivity contribution in [2.24, 2.45) is 0 Å². The van der Waals surface area contributed by atoms with Crippen molar-refractivity contribution in [3.05, 3.63) is 35.4 Å². The van der Waals surface area contributed by atoms with E-state index in [-0.39, 0.29) is 17.3 Å². The van der Waals surface area contributed by atoms with Crippen molar-refractivity contribution in [2.45, 2.75) is 19.6 Å². The molecule has 0 spiro atoms. The van der Waals surface area contributed by atoms with Crippen LogP contribution in [0.25, 0.3) is 0 Å². The SMILES string of the molecule is C[C@@H](OC(=O)Cn1cnnn1)C(=O)Nc1ccc(F)cc1Cl. The molecule has 1 aromatic heterocycles. The van der Waals surface area contributed by atoms with Crippen molar-refractivity contribution in [3.8, 4) is 0 Å². The lowest BCUT2D eigenvalue weighted by Gasteiger charge is -2.14. The van der Waals surface area contributed by atoms with Crippen LogP contribution in [0.4, 0.5) is 10.1 Å². The van der Waals surface area contributed by atoms with E-state index in [4.69, 9.17) is 16.3 Å². The zero-order valence-electron chi connectivity index (χ0n) is 11.4. The fraction of sp³-hybridized carbons (Fsp3) is 0.250. The van der Waals surface area contributed by atoms with Crippen LogP contribution < -0.4 is 5.32 Å². The van der Waals surface area contributed by atoms with Gasteiger partial charge in [0.25, 0.3) is 5.91 Å². The van der Waals surface area contributed by atoms with Gasteiger partial charge in [-0.1, -0.05) is 11.6 Å². The van der Waals surface area contributed by atoms with E-state index in [1.807, 2.05) is 0 Å². The second kappa shape index (κ2) is 6.94. The molecule has 2 rings (SSSR count). The Kier molecular flexibility index (Phi) is 4.99. The topological polar surface area (TPSA) is 99.0 Å². The van der Waals surface area contributed by atoms with Crippen molar-refractivity contribution in [1.82, 2.24) is 20.2 Å². The smallest absolute Gasteiger partial charge is 0.328 e. The van der Waals surface area contributed by atoms with Crippen LogP contribution in [0.1, 0.15) is 6.92 Å². The standard InChI is InChI=1S/C12H11ClFN5O3/c1-7(22-11(20)5-19-6-15-17-18-19)12(21)16-10-3-2-8(14)4-9(10)13/h2-4,6-7H,5H2,1H3,(H,16,21)/t7-/m1/s1. The first kappa shape index (κ1) is 15.8. The highest BCUT2D eigenvalue weighted by molar-refractivity contribution is 6.33. The van der Waals surface area contributed by atoms with Crippen LogP contribution in [-0.4, -0.2) is 38.2 Å². The van der Waals surface area contributed by atoms with Gasteiger partial charge in [0.2, 0.25) is 0 Å². The molecule has 1 heterocycles. The number of carbonyl (C=O) groups excluding carboxylic acids is 2. The predicted octanol–water partition coefficient (Wildman–Crippen LogP) is 1.04. The van der Waals surface area contributed by atoms with Gasteiger partial charge >= 0.3 is 5.97 Å². The summed E-state index contributed by atoms with van der Waals surface area (Å²) in [5, 5.41) is 12.7. The first-order valence-corrected chi connectivity index (χ1v) is 6.49. The Balaban J connectivity index is 1.90. The Labute approximate surface area is 129 Å². The summed E-state index contributed by atoms with van der Waals surface area (Å²) in [5.74, 6) is -1.80. The number of aromatic nitrogens is 4. The number of hydrogen-bond acceptors (Lipinski definition) is 6. The second-order valence-corrected chi connectivity index (χ2v) is 4.66. The van der Waals surface area contributed by atoms with Crippen LogP contribution in [0.3, 0.4) is 0 Å². The minimum Gasteiger partial charge on any atom is -0.451 e. The molecule has 10 heteroatoms. The third kappa shape index (κ3) is 4.22. The van der Waals surface area contributed by atoms with Gasteiger partial charge in [-0.3, -0.25) is 9.59 Å². The summed E-state index contributed by atoms with van der Waals surface area (Å²) in [6, 6.07) is 3.52. The molecule has 1 N–H and O–H groups in total. The zero-order chi connectivity index (χ0) is 16.1. The fourth-order valence-corrected chi connectivity index (χ4v) is 1.71. The third-order valence-corrected chi connectivity index (χ3v) is 2.86. The summed E-state index contributed by atoms with van der Waals surface area (Å²) in [6.45, 7) is 1.17. The summed E-state index contributed by atoms with van der Waals surface area (Å²) in [6.07, 6.45) is 0.176. The third-order valence-electron chi connectivity index (χ3n) is 2.55. The molecule has 1 aromatic carbocycles. The van der Waals surface area contributed by atoms with Gasteiger partial charge in [-0.15, -0.1) is 5.10 Å². The molecular weight excluding hydrogens is 317 g/mol. The van der Waals surface area contributed by atoms with Crippen molar-refractivity contribution in [1.29, 1.82) is 0 Å². The highest BCUT2D eigenvalue weighted by atomic mass is 35.5. The molecule has 0 saturated heterocycles. The molecule has 1 amide bonds. The normalized spacial score (nSPS) is 11.8. The number of esters is 1. The van der Waals surface area contributed by atoms with Crippen LogP contribution in [0, 0.1) is 5.82 Å². The second-order valence-electron chi connectivity index (χ2n) is 4.25. The molecule has 0 saturated carbocycles. The predicted molar refractivity (Wildman–Crippen MR) is 73.4 cm³/mol. The summed E-state index contributed by atoms with van der Waals surface area (Å²) >= 11 is 5.79. The number of amides is 1. The van der Waals surface area contributed by atoms with Gasteiger partial charge in [-0.2, -0.15) is 0 Å². The first-order chi connectivity index (χ1) is 10.5. The van der Waals surface area contributed by atoms with E-state index in [1.165, 1.54) is 19.3 Å². The van der Waals surface area contributed by atoms with Gasteiger partial charge in [0, 0.05) is 0 Å². The number of tetrazole rings is 1. The molecule has 0 aliphatic heterocycles. The Hall–Kier alpha value is -2.55. The van der Waals surface area contributed by atoms with Crippen LogP contribution in [-0.2, 0) is 20.9 Å². The minimum absolute atomic E-state index is 0.0422. The molecule has 0 bridgehead atoms. The van der Waals surface area contributed by atoms with E-state index in [0.29, 0.717) is 0 Å². The van der Waals surface area contributed by atoms with E-state index in [0.717, 1.165) is 16.8 Å². The molecule has 22 heavy (non-hydrogen) atoms. The largest absolute Gasteiger partial charge is 0.451 e. The highest BCUT2D eigenvalue weighted by Crippen LogP contribution is 2.22. The lowest BCUT2D eigenvalue weighted by Crippen LogP contribution is -2.31. The Morgan fingerprint density at radius 2 is 2.27 bits per heavy atom. The van der Waals surface area contributed by atoms with Crippen molar-refractivity contribution in [2.75, 3.05) is 5.32 Å². The quantitative estimate of drug-likeness (QED) is 0.824. The molecule has 1 atom stereocenters. The molecule has 0 radical (unpaired) electrons. The Morgan fingerprint density at radius 1 is 1.50 bits per heavy atom. The maximum atomic E-state index is 12.9. The van der Waals surface area contributed by atoms with Crippen molar-refractivity contribution in [3.63, 3.8) is 0 Å². The number of anilines is 1. The first-order valence-electron chi connectivity index (χ1n) is 6.12. The molecule has 2 aromatic rings. The van der Waals surface area contributed by atoms with Crippen LogP contribution in [0.5, 0.6) is 0 Å². The average Bonchev–Trinajstić information content (AvgIpc) is 2.94. The number of nitrogens with zero attached hydrogens (tertiary/aromatic N) is 4. The summed E-state index contributed by atoms with van der Waals surface area (Å²) in [7, 11) is 0. The van der Waals surface area contributed by atoms with E-state index >= 15 is 0 Å². The van der Waals surface area contributed by atoms with Crippen LogP contribution in [0.2, 0.25) is 5.02 Å². The van der Waals surface area contributed by atoms with Crippen LogP contribution >= 0.6 is 11.6 Å². The molecule has 0 fully saturated rings. The fourth-order valence-electron chi connectivity index (χ4n) is 1.50. The highest BCUT2D eigenvalue weighted by Gasteiger charge is 2.19. The number of rotatable bonds is 5. The number of nitrogens with one attached hydrogen (secondary N) is 1. The maximum absolute atomic E-state index is 12.9. The van der Waals surface area contributed by atoms with Gasteiger partial charge in [0.05, 0.1) is 10.7 Å². The van der Waals surface area contributed by atoms with Gasteiger partial charge < -0.3 is 10.1 Å². The molecule has 0 aliphatic carbocycles. The van der Waals surface area contributed by atoms with Crippen LogP contribution in [0.15, 0.2) is 24.5 Å². The van der Waals surface area contributed by atoms with E-state index in [1.54, 1.807) is 0 Å². The zero-order valence-corrected chi connectivity index (χ0v) is 12.1. The molecule has 0 unspecified atom stereocenters. The lowest BCUT2D eigenvalue weighted by molar-refractivity contribution is -0.153. The molecule has 8 nitrogen and oxygen atoms in total. The number of halogens is 2. The van der Waals surface area contributed by atoms with Gasteiger partial charge in [0.15, 0.2) is 6.10 Å². The average molecular weight is 328 g/mol. The number of ether oxygens (including phenoxy) is 1. The summed E-state index contributed by atoms with van der Waals surface area (Å²) in [5.41, 5.74) is 0.219. The van der Waals surface area contributed by atoms with E-state index < -0.39 is 23.8 Å². The van der Waals surface area contributed by atoms with E-state index in [2.05, 4.69) is 20.8 Å². The minimum atomic E-state index is -1.06. The molecule has 116 valence electrons. The maximum Gasteiger partial charge on any atom is 0.328 e. The van der Waals surface area contributed by atoms with Crippen molar-refractivity contribution >= 4 is 29.2 Å². The van der Waals surface area contributed by atoms with Gasteiger partial charge in [-0.05, 0) is 35.5 Å². The monoisotopic (exact) mass is 327 g/mol. The molecule has 0 aliphatic rings. The summed E-state index contributed by atoms with van der Waals surface area (Å²) in [4.78, 5) is 23.5. The lowest BCUT2D eigenvalue weighted by atomic mass is 10.3. The van der Waals surface area contributed by atoms with Crippen molar-refractivity contribution < 1.29 is 18.7 Å². The van der Waals surface area contributed by atoms with E-state index in [9.17, 15) is 14.0 Å². The Morgan fingerprint density at radius 3 is 2.91 bits per heavy atom. The van der Waals surface area contributed by atoms with Gasteiger partial charge in [-0.25, -0.2) is 9.07 Å². The molecular formula is C12H11ClFN5O3. The number of hydrogen-bond donors (Lipinski definition) is 1. The number of carbonyl (C=O) groups is 2.